The number of carbonyl (C=O) groups excluding carboxylic acids is 2. The molecule has 63 heavy (non-hydrogen) atoms. The number of anilines is 2. The first kappa shape index (κ1) is 47.8. The van der Waals surface area contributed by atoms with Crippen molar-refractivity contribution in [1.82, 2.24) is 48.5 Å². The Morgan fingerprint density at radius 3 is 1.56 bits per heavy atom. The predicted octanol–water partition coefficient (Wildman–Crippen LogP) is 7.14. The highest BCUT2D eigenvalue weighted by Gasteiger charge is 2.26. The van der Waals surface area contributed by atoms with Crippen molar-refractivity contribution in [2.45, 2.75) is 26.9 Å². The van der Waals surface area contributed by atoms with Crippen molar-refractivity contribution < 1.29 is 19.1 Å². The van der Waals surface area contributed by atoms with Crippen LogP contribution in [0.25, 0.3) is 11.5 Å². The summed E-state index contributed by atoms with van der Waals surface area (Å²) >= 11 is 26.9. The summed E-state index contributed by atoms with van der Waals surface area (Å²) in [5.74, 6) is 2.04. The van der Waals surface area contributed by atoms with Crippen molar-refractivity contribution in [3.63, 3.8) is 0 Å². The summed E-state index contributed by atoms with van der Waals surface area (Å²) in [5.41, 5.74) is 4.22. The average Bonchev–Trinajstić information content (AvgIpc) is 4.07. The Labute approximate surface area is 400 Å². The highest BCUT2D eigenvalue weighted by atomic mass is 127. The SMILES string of the molecule is COc1cc(N2CCN(C(=O)Cn3nc(-c4nccn4C)c(Cl)c3C)CC2)ccc1Cl.COc1cc(N2CCN(C(=O)Cn3nc(I)c(Cl)c3C)CC2)ccc1Cl.Cn1ccnc1. The van der Waals surface area contributed by atoms with Crippen molar-refractivity contribution in [2.75, 3.05) is 76.4 Å². The molecule has 2 amide bonds. The average molecular weight is 1050 g/mol. The number of ether oxygens (including phenoxy) is 2. The standard InChI is InChI=1S/C21H24Cl2N6O2.C17H19Cl2IN4O2.C4H6N2/c1-14-19(23)20(21-24-6-7-26(21)2)25-29(14)13-18(30)28-10-8-27(9-11-28)15-4-5-16(22)17(12-15)31-3;1-11-16(19)17(20)21-24(11)10-15(25)23-7-5-22(6-8-23)12-3-4-13(18)14(9-12)26-2;1-6-3-2-5-4-6/h4-7,12H,8-11,13H2,1-3H3;3-4,9H,5-8,10H2,1-2H3;2-4H,1H3. The number of halogens is 5. The molecule has 8 rings (SSSR count). The van der Waals surface area contributed by atoms with Crippen molar-refractivity contribution in [3.8, 4) is 23.0 Å². The fraction of sp³-hybridized carbons (Fsp3) is 0.381. The van der Waals surface area contributed by atoms with Gasteiger partial charge in [0.2, 0.25) is 11.8 Å². The topological polar surface area (TPSA) is 137 Å². The smallest absolute Gasteiger partial charge is 0.244 e. The van der Waals surface area contributed by atoms with Crippen LogP contribution in [0, 0.1) is 17.5 Å². The Kier molecular flexibility index (Phi) is 16.5. The van der Waals surface area contributed by atoms with Gasteiger partial charge in [0.15, 0.2) is 5.82 Å². The van der Waals surface area contributed by atoms with E-state index in [-0.39, 0.29) is 24.9 Å². The highest BCUT2D eigenvalue weighted by molar-refractivity contribution is 14.1. The second-order valence-electron chi connectivity index (χ2n) is 14.7. The zero-order valence-electron chi connectivity index (χ0n) is 35.8. The van der Waals surface area contributed by atoms with E-state index in [4.69, 9.17) is 55.9 Å². The fourth-order valence-corrected chi connectivity index (χ4v) is 8.35. The molecule has 0 unspecified atom stereocenters. The lowest BCUT2D eigenvalue weighted by molar-refractivity contribution is -0.133. The highest BCUT2D eigenvalue weighted by Crippen LogP contribution is 2.32. The van der Waals surface area contributed by atoms with Gasteiger partial charge in [-0.1, -0.05) is 46.4 Å². The Hall–Kier alpha value is -4.69. The van der Waals surface area contributed by atoms with E-state index in [2.05, 4.69) is 52.6 Å². The minimum absolute atomic E-state index is 0.0157. The normalized spacial score (nSPS) is 13.9. The zero-order chi connectivity index (χ0) is 45.4. The number of hydrogen-bond acceptors (Lipinski definition) is 10. The Balaban J connectivity index is 0.000000187. The third kappa shape index (κ3) is 11.7. The quantitative estimate of drug-likeness (QED) is 0.138. The van der Waals surface area contributed by atoms with Crippen LogP contribution in [-0.2, 0) is 36.8 Å². The Morgan fingerprint density at radius 1 is 0.683 bits per heavy atom. The molecule has 2 saturated heterocycles. The van der Waals surface area contributed by atoms with E-state index in [9.17, 15) is 9.59 Å². The molecule has 0 atom stereocenters. The van der Waals surface area contributed by atoms with E-state index in [0.717, 1.165) is 52.6 Å². The van der Waals surface area contributed by atoms with Crippen molar-refractivity contribution in [3.05, 3.63) is 103 Å². The van der Waals surface area contributed by atoms with Crippen LogP contribution in [0.3, 0.4) is 0 Å². The molecule has 0 spiro atoms. The molecule has 0 radical (unpaired) electrons. The summed E-state index contributed by atoms with van der Waals surface area (Å²) in [6, 6.07) is 11.5. The van der Waals surface area contributed by atoms with E-state index >= 15 is 0 Å². The number of aryl methyl sites for hydroxylation is 2. The molecule has 6 heterocycles. The van der Waals surface area contributed by atoms with Crippen molar-refractivity contribution in [1.29, 1.82) is 0 Å². The molecular formula is C42H49Cl4IN12O4. The van der Waals surface area contributed by atoms with Crippen LogP contribution in [0.4, 0.5) is 11.4 Å². The molecule has 2 aliphatic heterocycles. The number of nitrogens with zero attached hydrogens (tertiary/aromatic N) is 12. The van der Waals surface area contributed by atoms with Crippen LogP contribution in [0.2, 0.25) is 20.1 Å². The van der Waals surface area contributed by atoms with E-state index < -0.39 is 0 Å². The summed E-state index contributed by atoms with van der Waals surface area (Å²) in [6.45, 7) is 9.64. The van der Waals surface area contributed by atoms with Gasteiger partial charge >= 0.3 is 0 Å². The van der Waals surface area contributed by atoms with Gasteiger partial charge in [0.1, 0.15) is 34.0 Å². The van der Waals surface area contributed by atoms with Gasteiger partial charge in [-0.3, -0.25) is 19.0 Å². The number of carbonyl (C=O) groups is 2. The minimum Gasteiger partial charge on any atom is -0.495 e. The maximum atomic E-state index is 12.9. The molecule has 0 saturated carbocycles. The fourth-order valence-electron chi connectivity index (χ4n) is 6.96. The van der Waals surface area contributed by atoms with Gasteiger partial charge in [0, 0.05) is 115 Å². The molecule has 4 aromatic heterocycles. The zero-order valence-corrected chi connectivity index (χ0v) is 41.0. The number of aromatic nitrogens is 8. The van der Waals surface area contributed by atoms with Crippen molar-refractivity contribution >= 4 is 92.2 Å². The van der Waals surface area contributed by atoms with E-state index in [1.165, 1.54) is 0 Å². The van der Waals surface area contributed by atoms with Crippen LogP contribution < -0.4 is 19.3 Å². The molecular weight excluding hydrogens is 1010 g/mol. The molecule has 0 aliphatic carbocycles. The maximum Gasteiger partial charge on any atom is 0.244 e. The van der Waals surface area contributed by atoms with Gasteiger partial charge in [0.25, 0.3) is 0 Å². The minimum atomic E-state index is 0.0157. The summed E-state index contributed by atoms with van der Waals surface area (Å²) < 4.78 is 18.4. The van der Waals surface area contributed by atoms with E-state index in [1.807, 2.05) is 95.7 Å². The predicted molar refractivity (Wildman–Crippen MR) is 256 cm³/mol. The lowest BCUT2D eigenvalue weighted by atomic mass is 10.2. The first-order chi connectivity index (χ1) is 30.2. The molecule has 0 bridgehead atoms. The van der Waals surface area contributed by atoms with Crippen LogP contribution >= 0.6 is 69.0 Å². The lowest BCUT2D eigenvalue weighted by Gasteiger charge is -2.36. The third-order valence-corrected chi connectivity index (χ3v) is 13.3. The van der Waals surface area contributed by atoms with Crippen LogP contribution in [0.1, 0.15) is 11.4 Å². The van der Waals surface area contributed by atoms with Crippen molar-refractivity contribution in [2.24, 2.45) is 14.1 Å². The van der Waals surface area contributed by atoms with Crippen LogP contribution in [0.5, 0.6) is 11.5 Å². The van der Waals surface area contributed by atoms with E-state index in [1.54, 1.807) is 42.3 Å². The lowest BCUT2D eigenvalue weighted by Crippen LogP contribution is -2.49. The van der Waals surface area contributed by atoms with Crippen LogP contribution in [-0.4, -0.2) is 127 Å². The second kappa shape index (κ2) is 21.8. The number of piperazine rings is 2. The molecule has 2 aromatic carbocycles. The van der Waals surface area contributed by atoms with Gasteiger partial charge < -0.3 is 38.2 Å². The first-order valence-electron chi connectivity index (χ1n) is 19.9. The van der Waals surface area contributed by atoms with Crippen LogP contribution in [0.15, 0.2) is 67.5 Å². The summed E-state index contributed by atoms with van der Waals surface area (Å²) in [5, 5.41) is 11.2. The molecule has 6 aromatic rings. The monoisotopic (exact) mass is 1050 g/mol. The third-order valence-electron chi connectivity index (χ3n) is 10.7. The number of amides is 2. The number of rotatable bonds is 9. The summed E-state index contributed by atoms with van der Waals surface area (Å²) in [4.78, 5) is 41.8. The van der Waals surface area contributed by atoms with Gasteiger partial charge in [0.05, 0.1) is 52.0 Å². The number of methoxy groups -OCH3 is 2. The maximum absolute atomic E-state index is 12.9. The largest absolute Gasteiger partial charge is 0.495 e. The molecule has 16 nitrogen and oxygen atoms in total. The molecule has 2 fully saturated rings. The van der Waals surface area contributed by atoms with Gasteiger partial charge in [-0.25, -0.2) is 9.97 Å². The molecule has 21 heteroatoms. The Bertz CT molecular complexity index is 2490. The summed E-state index contributed by atoms with van der Waals surface area (Å²) in [6.07, 6.45) is 8.92. The number of benzene rings is 2. The molecule has 2 aliphatic rings. The first-order valence-corrected chi connectivity index (χ1v) is 22.5. The van der Waals surface area contributed by atoms with Gasteiger partial charge in [-0.15, -0.1) is 0 Å². The second-order valence-corrected chi connectivity index (χ2v) is 17.3. The summed E-state index contributed by atoms with van der Waals surface area (Å²) in [7, 11) is 7.03. The van der Waals surface area contributed by atoms with Gasteiger partial charge in [-0.05, 0) is 60.7 Å². The molecule has 0 N–H and O–H groups in total. The number of imidazole rings is 2. The Morgan fingerprint density at radius 2 is 1.17 bits per heavy atom. The number of hydrogen-bond donors (Lipinski definition) is 0. The van der Waals surface area contributed by atoms with E-state index in [0.29, 0.717) is 69.3 Å². The van der Waals surface area contributed by atoms with Gasteiger partial charge in [-0.2, -0.15) is 10.2 Å². The molecule has 336 valence electrons.